The van der Waals surface area contributed by atoms with Gasteiger partial charge in [-0.05, 0) is 55.6 Å². The van der Waals surface area contributed by atoms with Crippen molar-refractivity contribution in [3.05, 3.63) is 33.0 Å². The average molecular weight is 310 g/mol. The van der Waals surface area contributed by atoms with Crippen molar-refractivity contribution in [2.45, 2.75) is 0 Å². The summed E-state index contributed by atoms with van der Waals surface area (Å²) in [4.78, 5) is 0. The van der Waals surface area contributed by atoms with E-state index in [1.54, 1.807) is 12.1 Å². The molecule has 0 radical (unpaired) electrons. The van der Waals surface area contributed by atoms with Crippen LogP contribution in [-0.2, 0) is 0 Å². The van der Waals surface area contributed by atoms with E-state index < -0.39 is 0 Å². The third kappa shape index (κ3) is 3.48. The monoisotopic (exact) mass is 308 g/mol. The molecule has 0 saturated carbocycles. The van der Waals surface area contributed by atoms with Gasteiger partial charge in [-0.3, -0.25) is 0 Å². The minimum atomic E-state index is -0.313. The van der Waals surface area contributed by atoms with Crippen molar-refractivity contribution in [1.29, 1.82) is 0 Å². The summed E-state index contributed by atoms with van der Waals surface area (Å²) in [7, 11) is 1.51. The van der Waals surface area contributed by atoms with Crippen LogP contribution in [0.5, 0.6) is 5.75 Å². The van der Waals surface area contributed by atoms with E-state index in [1.807, 2.05) is 0 Å². The van der Waals surface area contributed by atoms with E-state index >= 15 is 0 Å². The molecule has 0 unspecified atom stereocenters. The Kier molecular flexibility index (Phi) is 3.93. The molecule has 1 aromatic carbocycles. The molecular formula is C9H7Br2FO. The van der Waals surface area contributed by atoms with Crippen LogP contribution in [0, 0.1) is 5.82 Å². The highest BCUT2D eigenvalue weighted by molar-refractivity contribution is 9.28. The molecule has 0 aromatic heterocycles. The van der Waals surface area contributed by atoms with E-state index in [1.165, 1.54) is 19.2 Å². The molecule has 1 aromatic rings. The van der Waals surface area contributed by atoms with E-state index in [4.69, 9.17) is 4.74 Å². The maximum Gasteiger partial charge on any atom is 0.127 e. The van der Waals surface area contributed by atoms with Crippen molar-refractivity contribution < 1.29 is 9.13 Å². The van der Waals surface area contributed by atoms with E-state index in [0.717, 1.165) is 8.96 Å². The van der Waals surface area contributed by atoms with Gasteiger partial charge in [-0.1, -0.05) is 0 Å². The zero-order chi connectivity index (χ0) is 9.84. The first kappa shape index (κ1) is 10.7. The van der Waals surface area contributed by atoms with E-state index in [9.17, 15) is 4.39 Å². The van der Waals surface area contributed by atoms with Crippen molar-refractivity contribution in [3.8, 4) is 5.75 Å². The van der Waals surface area contributed by atoms with Gasteiger partial charge in [0, 0.05) is 6.07 Å². The summed E-state index contributed by atoms with van der Waals surface area (Å²) in [5, 5.41) is 0. The second-order valence-corrected chi connectivity index (χ2v) is 5.13. The zero-order valence-electron chi connectivity index (χ0n) is 6.85. The number of hydrogen-bond donors (Lipinski definition) is 0. The molecular weight excluding hydrogens is 303 g/mol. The van der Waals surface area contributed by atoms with Crippen LogP contribution in [0.1, 0.15) is 5.56 Å². The molecule has 0 bridgehead atoms. The van der Waals surface area contributed by atoms with Crippen molar-refractivity contribution in [2.75, 3.05) is 7.11 Å². The third-order valence-corrected chi connectivity index (χ3v) is 1.86. The molecule has 0 aliphatic carbocycles. The second-order valence-electron chi connectivity index (χ2n) is 2.36. The molecule has 4 heteroatoms. The summed E-state index contributed by atoms with van der Waals surface area (Å²) < 4.78 is 18.6. The number of benzene rings is 1. The van der Waals surface area contributed by atoms with Gasteiger partial charge in [0.25, 0.3) is 0 Å². The highest BCUT2D eigenvalue weighted by Gasteiger charge is 1.98. The average Bonchev–Trinajstić information content (AvgIpc) is 2.01. The van der Waals surface area contributed by atoms with E-state index in [2.05, 4.69) is 31.9 Å². The first-order valence-corrected chi connectivity index (χ1v) is 5.07. The molecule has 13 heavy (non-hydrogen) atoms. The van der Waals surface area contributed by atoms with Crippen molar-refractivity contribution in [2.24, 2.45) is 0 Å². The third-order valence-electron chi connectivity index (χ3n) is 1.41. The predicted molar refractivity (Wildman–Crippen MR) is 58.8 cm³/mol. The Bertz CT molecular complexity index is 332. The van der Waals surface area contributed by atoms with Crippen LogP contribution in [0.15, 0.2) is 21.6 Å². The van der Waals surface area contributed by atoms with Gasteiger partial charge in [-0.2, -0.15) is 0 Å². The van der Waals surface area contributed by atoms with Crippen molar-refractivity contribution in [1.82, 2.24) is 0 Å². The fourth-order valence-electron chi connectivity index (χ4n) is 0.912. The summed E-state index contributed by atoms with van der Waals surface area (Å²) in [5.41, 5.74) is 0.737. The Morgan fingerprint density at radius 3 is 2.62 bits per heavy atom. The lowest BCUT2D eigenvalue weighted by Gasteiger charge is -2.01. The fourth-order valence-corrected chi connectivity index (χ4v) is 1.44. The lowest BCUT2D eigenvalue weighted by molar-refractivity contribution is 0.411. The SMILES string of the molecule is COc1cc(F)cc(C=C(Br)Br)c1. The zero-order valence-corrected chi connectivity index (χ0v) is 10.0. The van der Waals surface area contributed by atoms with Gasteiger partial charge in [0.2, 0.25) is 0 Å². The molecule has 0 heterocycles. The Balaban J connectivity index is 3.09. The molecule has 70 valence electrons. The number of methoxy groups -OCH3 is 1. The van der Waals surface area contributed by atoms with Gasteiger partial charge in [0.05, 0.1) is 10.5 Å². The van der Waals surface area contributed by atoms with Crippen LogP contribution in [0.3, 0.4) is 0 Å². The maximum atomic E-state index is 12.9. The highest BCUT2D eigenvalue weighted by Crippen LogP contribution is 2.22. The van der Waals surface area contributed by atoms with Crippen LogP contribution in [-0.4, -0.2) is 7.11 Å². The fraction of sp³-hybridized carbons (Fsp3) is 0.111. The quantitative estimate of drug-likeness (QED) is 0.804. The molecule has 0 saturated heterocycles. The minimum Gasteiger partial charge on any atom is -0.497 e. The number of ether oxygens (including phenoxy) is 1. The van der Waals surface area contributed by atoms with Crippen LogP contribution < -0.4 is 4.74 Å². The highest BCUT2D eigenvalue weighted by atomic mass is 79.9. The van der Waals surface area contributed by atoms with Crippen LogP contribution in [0.2, 0.25) is 0 Å². The Morgan fingerprint density at radius 2 is 2.08 bits per heavy atom. The van der Waals surface area contributed by atoms with E-state index in [0.29, 0.717) is 5.75 Å². The second kappa shape index (κ2) is 4.77. The molecule has 0 aliphatic heterocycles. The molecule has 1 rings (SSSR count). The van der Waals surface area contributed by atoms with Crippen LogP contribution in [0.4, 0.5) is 4.39 Å². The standard InChI is InChI=1S/C9H7Br2FO/c1-13-8-3-6(4-9(10)11)2-7(12)5-8/h2-5H,1H3. The van der Waals surface area contributed by atoms with Crippen LogP contribution in [0.25, 0.3) is 6.08 Å². The van der Waals surface area contributed by atoms with Crippen molar-refractivity contribution >= 4 is 37.9 Å². The lowest BCUT2D eigenvalue weighted by Crippen LogP contribution is -1.85. The largest absolute Gasteiger partial charge is 0.497 e. The van der Waals surface area contributed by atoms with Gasteiger partial charge in [-0.15, -0.1) is 0 Å². The number of rotatable bonds is 2. The van der Waals surface area contributed by atoms with Gasteiger partial charge in [0.1, 0.15) is 11.6 Å². The van der Waals surface area contributed by atoms with Gasteiger partial charge in [-0.25, -0.2) is 4.39 Å². The maximum absolute atomic E-state index is 12.9. The topological polar surface area (TPSA) is 9.23 Å². The van der Waals surface area contributed by atoms with Crippen LogP contribution >= 0.6 is 31.9 Å². The first-order valence-electron chi connectivity index (χ1n) is 3.49. The molecule has 0 spiro atoms. The normalized spacial score (nSPS) is 9.54. The number of hydrogen-bond acceptors (Lipinski definition) is 1. The molecule has 0 aliphatic rings. The lowest BCUT2D eigenvalue weighted by atomic mass is 10.2. The Labute approximate surface area is 92.9 Å². The van der Waals surface area contributed by atoms with Crippen molar-refractivity contribution in [3.63, 3.8) is 0 Å². The van der Waals surface area contributed by atoms with Gasteiger partial charge in [0.15, 0.2) is 0 Å². The molecule has 0 atom stereocenters. The Hall–Kier alpha value is -0.350. The van der Waals surface area contributed by atoms with Gasteiger partial charge < -0.3 is 4.74 Å². The molecule has 0 fully saturated rings. The first-order chi connectivity index (χ1) is 6.11. The summed E-state index contributed by atoms with van der Waals surface area (Å²) in [6, 6.07) is 4.50. The Morgan fingerprint density at radius 1 is 1.38 bits per heavy atom. The minimum absolute atomic E-state index is 0.313. The summed E-state index contributed by atoms with van der Waals surface area (Å²) >= 11 is 6.39. The predicted octanol–water partition coefficient (Wildman–Crippen LogP) is 3.92. The smallest absolute Gasteiger partial charge is 0.127 e. The summed E-state index contributed by atoms with van der Waals surface area (Å²) in [6.07, 6.45) is 1.74. The molecule has 0 N–H and O–H groups in total. The summed E-state index contributed by atoms with van der Waals surface area (Å²) in [5.74, 6) is 0.194. The van der Waals surface area contributed by atoms with E-state index in [-0.39, 0.29) is 5.82 Å². The summed E-state index contributed by atoms with van der Waals surface area (Å²) in [6.45, 7) is 0. The molecule has 0 amide bonds. The number of halogens is 3. The van der Waals surface area contributed by atoms with Gasteiger partial charge >= 0.3 is 0 Å². The molecule has 1 nitrogen and oxygen atoms in total.